The molecular formula is C17H27NO2. The third kappa shape index (κ3) is 4.22. The number of hydrogen-bond acceptors (Lipinski definition) is 3. The first-order chi connectivity index (χ1) is 9.70. The summed E-state index contributed by atoms with van der Waals surface area (Å²) < 4.78 is 5.39. The van der Waals surface area contributed by atoms with E-state index in [0.29, 0.717) is 5.92 Å². The van der Waals surface area contributed by atoms with Crippen LogP contribution in [0.3, 0.4) is 0 Å². The van der Waals surface area contributed by atoms with E-state index in [4.69, 9.17) is 4.74 Å². The van der Waals surface area contributed by atoms with E-state index in [9.17, 15) is 5.11 Å². The normalized spacial score (nSPS) is 18.9. The van der Waals surface area contributed by atoms with Crippen molar-refractivity contribution in [3.05, 3.63) is 29.8 Å². The maximum atomic E-state index is 9.61. The van der Waals surface area contributed by atoms with Crippen LogP contribution in [0.2, 0.25) is 0 Å². The van der Waals surface area contributed by atoms with E-state index in [1.165, 1.54) is 12.0 Å². The largest absolute Gasteiger partial charge is 0.496 e. The number of aryl methyl sites for hydroxylation is 1. The second-order valence-corrected chi connectivity index (χ2v) is 5.84. The molecule has 20 heavy (non-hydrogen) atoms. The Morgan fingerprint density at radius 1 is 1.30 bits per heavy atom. The molecule has 0 bridgehead atoms. The molecule has 1 fully saturated rings. The van der Waals surface area contributed by atoms with Gasteiger partial charge >= 0.3 is 0 Å². The molecule has 0 amide bonds. The summed E-state index contributed by atoms with van der Waals surface area (Å²) in [5.41, 5.74) is 1.30. The van der Waals surface area contributed by atoms with E-state index in [2.05, 4.69) is 17.0 Å². The molecular weight excluding hydrogens is 250 g/mol. The van der Waals surface area contributed by atoms with Crippen molar-refractivity contribution >= 4 is 0 Å². The van der Waals surface area contributed by atoms with Gasteiger partial charge in [0.15, 0.2) is 0 Å². The lowest BCUT2D eigenvalue weighted by Crippen LogP contribution is -2.37. The smallest absolute Gasteiger partial charge is 0.122 e. The average molecular weight is 277 g/mol. The number of benzene rings is 1. The van der Waals surface area contributed by atoms with Crippen LogP contribution >= 0.6 is 0 Å². The summed E-state index contributed by atoms with van der Waals surface area (Å²) in [6, 6.07) is 8.27. The first-order valence-corrected chi connectivity index (χ1v) is 7.73. The summed E-state index contributed by atoms with van der Waals surface area (Å²) in [6.07, 6.45) is 4.35. The van der Waals surface area contributed by atoms with Gasteiger partial charge in [-0.15, -0.1) is 0 Å². The number of methoxy groups -OCH3 is 1. The van der Waals surface area contributed by atoms with Gasteiger partial charge in [-0.25, -0.2) is 0 Å². The van der Waals surface area contributed by atoms with Crippen molar-refractivity contribution in [2.45, 2.75) is 38.7 Å². The Hall–Kier alpha value is -1.06. The molecule has 2 rings (SSSR count). The minimum absolute atomic E-state index is 0.147. The van der Waals surface area contributed by atoms with Crippen molar-refractivity contribution in [1.82, 2.24) is 4.90 Å². The Morgan fingerprint density at radius 3 is 2.65 bits per heavy atom. The van der Waals surface area contributed by atoms with Crippen molar-refractivity contribution in [1.29, 1.82) is 0 Å². The number of aliphatic hydroxyl groups is 1. The van der Waals surface area contributed by atoms with Gasteiger partial charge < -0.3 is 14.7 Å². The summed E-state index contributed by atoms with van der Waals surface area (Å²) in [7, 11) is 1.74. The van der Waals surface area contributed by atoms with Gasteiger partial charge in [0.05, 0.1) is 13.2 Å². The fourth-order valence-electron chi connectivity index (χ4n) is 3.06. The molecule has 1 heterocycles. The third-order valence-corrected chi connectivity index (χ3v) is 4.43. The summed E-state index contributed by atoms with van der Waals surface area (Å²) in [5.74, 6) is 1.50. The van der Waals surface area contributed by atoms with E-state index >= 15 is 0 Å². The fourth-order valence-corrected chi connectivity index (χ4v) is 3.06. The van der Waals surface area contributed by atoms with E-state index in [1.807, 2.05) is 19.1 Å². The highest BCUT2D eigenvalue weighted by molar-refractivity contribution is 5.33. The zero-order chi connectivity index (χ0) is 14.4. The molecule has 1 aliphatic heterocycles. The van der Waals surface area contributed by atoms with Crippen molar-refractivity contribution < 1.29 is 9.84 Å². The lowest BCUT2D eigenvalue weighted by molar-refractivity contribution is 0.0716. The molecule has 0 spiro atoms. The first kappa shape index (κ1) is 15.3. The number of piperidine rings is 1. The van der Waals surface area contributed by atoms with Gasteiger partial charge in [0.1, 0.15) is 5.75 Å². The van der Waals surface area contributed by atoms with Gasteiger partial charge in [0, 0.05) is 0 Å². The highest BCUT2D eigenvalue weighted by Gasteiger charge is 2.22. The van der Waals surface area contributed by atoms with Gasteiger partial charge in [0.2, 0.25) is 0 Å². The van der Waals surface area contributed by atoms with Crippen LogP contribution in [0.4, 0.5) is 0 Å². The van der Waals surface area contributed by atoms with Crippen molar-refractivity contribution in [3.8, 4) is 5.75 Å². The predicted octanol–water partition coefficient (Wildman–Crippen LogP) is 2.72. The van der Waals surface area contributed by atoms with Crippen LogP contribution in [0.5, 0.6) is 5.75 Å². The first-order valence-electron chi connectivity index (χ1n) is 7.73. The molecule has 1 aromatic carbocycles. The van der Waals surface area contributed by atoms with Crippen molar-refractivity contribution in [2.75, 3.05) is 26.7 Å². The minimum atomic E-state index is -0.147. The van der Waals surface area contributed by atoms with Crippen LogP contribution in [-0.2, 0) is 6.42 Å². The third-order valence-electron chi connectivity index (χ3n) is 4.43. The molecule has 3 nitrogen and oxygen atoms in total. The quantitative estimate of drug-likeness (QED) is 0.868. The van der Waals surface area contributed by atoms with Crippen LogP contribution < -0.4 is 4.74 Å². The topological polar surface area (TPSA) is 32.7 Å². The lowest BCUT2D eigenvalue weighted by Gasteiger charge is -2.33. The van der Waals surface area contributed by atoms with E-state index in [-0.39, 0.29) is 6.10 Å². The SMILES string of the molecule is COc1ccccc1CCCN1CCC(C(C)O)CC1. The Balaban J connectivity index is 1.72. The number of nitrogens with zero attached hydrogens (tertiary/aromatic N) is 1. The molecule has 1 N–H and O–H groups in total. The predicted molar refractivity (Wildman–Crippen MR) is 82.2 cm³/mol. The standard InChI is InChI=1S/C17H27NO2/c1-14(19)15-9-12-18(13-10-15)11-5-7-16-6-3-4-8-17(16)20-2/h3-4,6,8,14-15,19H,5,7,9-13H2,1-2H3. The van der Waals surface area contributed by atoms with Crippen LogP contribution in [0.15, 0.2) is 24.3 Å². The average Bonchev–Trinajstić information content (AvgIpc) is 2.48. The molecule has 3 heteroatoms. The number of ether oxygens (including phenoxy) is 1. The Kier molecular flexibility index (Phi) is 5.86. The Morgan fingerprint density at radius 2 is 2.00 bits per heavy atom. The van der Waals surface area contributed by atoms with Crippen LogP contribution in [0, 0.1) is 5.92 Å². The van der Waals surface area contributed by atoms with Gasteiger partial charge in [-0.3, -0.25) is 0 Å². The number of likely N-dealkylation sites (tertiary alicyclic amines) is 1. The van der Waals surface area contributed by atoms with E-state index in [0.717, 1.165) is 44.6 Å². The summed E-state index contributed by atoms with van der Waals surface area (Å²) in [6.45, 7) is 5.32. The molecule has 1 aliphatic rings. The maximum Gasteiger partial charge on any atom is 0.122 e. The molecule has 0 radical (unpaired) electrons. The molecule has 0 saturated carbocycles. The zero-order valence-electron chi connectivity index (χ0n) is 12.7. The minimum Gasteiger partial charge on any atom is -0.496 e. The second kappa shape index (κ2) is 7.65. The Labute approximate surface area is 122 Å². The maximum absolute atomic E-state index is 9.61. The van der Waals surface area contributed by atoms with E-state index in [1.54, 1.807) is 7.11 Å². The highest BCUT2D eigenvalue weighted by Crippen LogP contribution is 2.22. The van der Waals surface area contributed by atoms with E-state index < -0.39 is 0 Å². The Bertz CT molecular complexity index is 398. The molecule has 0 aromatic heterocycles. The number of aliphatic hydroxyl groups excluding tert-OH is 1. The number of rotatable bonds is 6. The van der Waals surface area contributed by atoms with Gasteiger partial charge in [-0.05, 0) is 69.8 Å². The van der Waals surface area contributed by atoms with Crippen molar-refractivity contribution in [2.24, 2.45) is 5.92 Å². The summed E-state index contributed by atoms with van der Waals surface area (Å²) in [5, 5.41) is 9.61. The fraction of sp³-hybridized carbons (Fsp3) is 0.647. The molecule has 1 saturated heterocycles. The van der Waals surface area contributed by atoms with Gasteiger partial charge in [0.25, 0.3) is 0 Å². The number of hydrogen-bond donors (Lipinski definition) is 1. The highest BCUT2D eigenvalue weighted by atomic mass is 16.5. The van der Waals surface area contributed by atoms with Crippen LogP contribution in [-0.4, -0.2) is 42.9 Å². The summed E-state index contributed by atoms with van der Waals surface area (Å²) in [4.78, 5) is 2.52. The summed E-state index contributed by atoms with van der Waals surface area (Å²) >= 11 is 0. The second-order valence-electron chi connectivity index (χ2n) is 5.84. The zero-order valence-corrected chi connectivity index (χ0v) is 12.7. The van der Waals surface area contributed by atoms with Crippen molar-refractivity contribution in [3.63, 3.8) is 0 Å². The monoisotopic (exact) mass is 277 g/mol. The van der Waals surface area contributed by atoms with Gasteiger partial charge in [-0.1, -0.05) is 18.2 Å². The van der Waals surface area contributed by atoms with Crippen LogP contribution in [0.25, 0.3) is 0 Å². The number of para-hydroxylation sites is 1. The van der Waals surface area contributed by atoms with Crippen LogP contribution in [0.1, 0.15) is 31.7 Å². The molecule has 1 unspecified atom stereocenters. The van der Waals surface area contributed by atoms with Gasteiger partial charge in [-0.2, -0.15) is 0 Å². The molecule has 1 aromatic rings. The lowest BCUT2D eigenvalue weighted by atomic mass is 9.92. The molecule has 0 aliphatic carbocycles. The molecule has 1 atom stereocenters. The molecule has 112 valence electrons.